The zero-order valence-corrected chi connectivity index (χ0v) is 23.8. The summed E-state index contributed by atoms with van der Waals surface area (Å²) in [5.41, 5.74) is 12.0. The Morgan fingerprint density at radius 2 is 0.714 bits per heavy atom. The average Bonchev–Trinajstić information content (AvgIpc) is 3.63. The minimum atomic E-state index is 1.16. The summed E-state index contributed by atoms with van der Waals surface area (Å²) in [5.74, 6) is 0. The highest BCUT2D eigenvalue weighted by Gasteiger charge is 2.23. The Bertz CT molecular complexity index is 2050. The number of nitrogens with zero attached hydrogens (tertiary/aromatic N) is 2. The summed E-state index contributed by atoms with van der Waals surface area (Å²) in [6.07, 6.45) is 0. The van der Waals surface area contributed by atoms with Crippen LogP contribution < -0.4 is 0 Å². The predicted octanol–water partition coefficient (Wildman–Crippen LogP) is 10.7. The van der Waals surface area contributed by atoms with Crippen molar-refractivity contribution in [1.29, 1.82) is 0 Å². The fraction of sp³-hybridized carbons (Fsp3) is 0.0500. The van der Waals surface area contributed by atoms with Gasteiger partial charge in [-0.2, -0.15) is 0 Å². The number of aryl methyl sites for hydroxylation is 2. The van der Waals surface area contributed by atoms with Crippen molar-refractivity contribution in [2.24, 2.45) is 0 Å². The van der Waals surface area contributed by atoms with E-state index in [2.05, 4.69) is 169 Å². The lowest BCUT2D eigenvalue weighted by Gasteiger charge is -2.17. The van der Waals surface area contributed by atoms with E-state index < -0.39 is 0 Å². The van der Waals surface area contributed by atoms with E-state index >= 15 is 0 Å². The van der Waals surface area contributed by atoms with Crippen LogP contribution in [-0.2, 0) is 0 Å². The van der Waals surface area contributed by atoms with E-state index in [1.165, 1.54) is 66.2 Å². The van der Waals surface area contributed by atoms with Crippen LogP contribution in [0.3, 0.4) is 0 Å². The normalized spacial score (nSPS) is 11.6. The van der Waals surface area contributed by atoms with Crippen LogP contribution >= 0.6 is 0 Å². The summed E-state index contributed by atoms with van der Waals surface area (Å²) in [6.45, 7) is 4.30. The molecule has 0 atom stereocenters. The van der Waals surface area contributed by atoms with Gasteiger partial charge in [-0.1, -0.05) is 120 Å². The fourth-order valence-corrected chi connectivity index (χ4v) is 6.42. The Morgan fingerprint density at radius 3 is 1.10 bits per heavy atom. The molecule has 0 fully saturated rings. The van der Waals surface area contributed by atoms with Crippen molar-refractivity contribution in [1.82, 2.24) is 9.13 Å². The molecular formula is C40H30N2. The number of aromatic nitrogens is 2. The first kappa shape index (κ1) is 24.5. The van der Waals surface area contributed by atoms with Gasteiger partial charge < -0.3 is 9.13 Å². The third-order valence-electron chi connectivity index (χ3n) is 8.46. The summed E-state index contributed by atoms with van der Waals surface area (Å²) in [6, 6.07) is 53.0. The molecule has 6 aromatic carbocycles. The van der Waals surface area contributed by atoms with Crippen LogP contribution in [0.25, 0.3) is 66.5 Å². The van der Waals surface area contributed by atoms with Crippen LogP contribution in [0.15, 0.2) is 146 Å². The van der Waals surface area contributed by atoms with Gasteiger partial charge in [0, 0.05) is 22.1 Å². The number of benzene rings is 6. The van der Waals surface area contributed by atoms with Gasteiger partial charge in [-0.25, -0.2) is 0 Å². The highest BCUT2D eigenvalue weighted by atomic mass is 15.1. The molecule has 0 amide bonds. The second-order valence-electron chi connectivity index (χ2n) is 11.2. The Balaban J connectivity index is 1.64. The standard InChI is InChI=1S/C40H30N2/c1-27-17-21-31(22-18-27)41-37(29-11-5-3-6-12-29)25-35-33-15-9-10-16-34(33)36-26-38(30-13-7-4-8-14-30)42(40(36)39(35)41)32-23-19-28(2)20-24-32/h3-26H,1-2H3. The Hall–Kier alpha value is -5.34. The summed E-state index contributed by atoms with van der Waals surface area (Å²) in [5, 5.41) is 5.04. The molecule has 200 valence electrons. The van der Waals surface area contributed by atoms with Gasteiger partial charge in [-0.05, 0) is 72.1 Å². The second kappa shape index (κ2) is 9.64. The third kappa shape index (κ3) is 3.80. The van der Waals surface area contributed by atoms with Crippen molar-refractivity contribution in [3.63, 3.8) is 0 Å². The molecule has 2 heteroatoms. The minimum absolute atomic E-state index is 1.16. The molecule has 0 aliphatic rings. The van der Waals surface area contributed by atoms with Gasteiger partial charge in [-0.15, -0.1) is 0 Å². The zero-order chi connectivity index (χ0) is 28.2. The van der Waals surface area contributed by atoms with E-state index in [0.29, 0.717) is 0 Å². The van der Waals surface area contributed by atoms with Gasteiger partial charge >= 0.3 is 0 Å². The van der Waals surface area contributed by atoms with Gasteiger partial charge in [0.2, 0.25) is 0 Å². The molecule has 2 nitrogen and oxygen atoms in total. The number of hydrogen-bond acceptors (Lipinski definition) is 0. The molecule has 42 heavy (non-hydrogen) atoms. The minimum Gasteiger partial charge on any atom is -0.307 e. The lowest BCUT2D eigenvalue weighted by molar-refractivity contribution is 1.10. The van der Waals surface area contributed by atoms with Gasteiger partial charge in [0.15, 0.2) is 0 Å². The summed E-state index contributed by atoms with van der Waals surface area (Å²) < 4.78 is 4.94. The van der Waals surface area contributed by atoms with E-state index in [-0.39, 0.29) is 0 Å². The first-order chi connectivity index (χ1) is 20.7. The van der Waals surface area contributed by atoms with Gasteiger partial charge in [0.1, 0.15) is 0 Å². The number of fused-ring (bicyclic) bond motifs is 6. The van der Waals surface area contributed by atoms with E-state index in [0.717, 1.165) is 11.4 Å². The van der Waals surface area contributed by atoms with Crippen molar-refractivity contribution in [3.8, 4) is 33.9 Å². The first-order valence-electron chi connectivity index (χ1n) is 14.5. The maximum atomic E-state index is 2.47. The maximum Gasteiger partial charge on any atom is 0.0789 e. The van der Waals surface area contributed by atoms with Crippen molar-refractivity contribution in [3.05, 3.63) is 157 Å². The molecule has 8 rings (SSSR count). The molecule has 0 saturated heterocycles. The van der Waals surface area contributed by atoms with Gasteiger partial charge in [0.25, 0.3) is 0 Å². The average molecular weight is 539 g/mol. The van der Waals surface area contributed by atoms with Gasteiger partial charge in [0.05, 0.1) is 22.4 Å². The third-order valence-corrected chi connectivity index (χ3v) is 8.46. The van der Waals surface area contributed by atoms with Crippen LogP contribution in [0.2, 0.25) is 0 Å². The van der Waals surface area contributed by atoms with E-state index in [4.69, 9.17) is 0 Å². The molecule has 0 N–H and O–H groups in total. The fourth-order valence-electron chi connectivity index (χ4n) is 6.42. The highest BCUT2D eigenvalue weighted by molar-refractivity contribution is 6.26. The summed E-state index contributed by atoms with van der Waals surface area (Å²) in [4.78, 5) is 0. The van der Waals surface area contributed by atoms with E-state index in [1.54, 1.807) is 0 Å². The lowest BCUT2D eigenvalue weighted by atomic mass is 10.0. The molecule has 2 aromatic heterocycles. The molecule has 2 heterocycles. The predicted molar refractivity (Wildman–Crippen MR) is 178 cm³/mol. The van der Waals surface area contributed by atoms with Crippen LogP contribution in [0.5, 0.6) is 0 Å². The van der Waals surface area contributed by atoms with Crippen molar-refractivity contribution < 1.29 is 0 Å². The van der Waals surface area contributed by atoms with Crippen molar-refractivity contribution >= 4 is 32.6 Å². The quantitative estimate of drug-likeness (QED) is 0.211. The second-order valence-corrected chi connectivity index (χ2v) is 11.2. The van der Waals surface area contributed by atoms with Crippen molar-refractivity contribution in [2.75, 3.05) is 0 Å². The molecule has 0 aliphatic heterocycles. The molecular weight excluding hydrogens is 508 g/mol. The van der Waals surface area contributed by atoms with Gasteiger partial charge in [-0.3, -0.25) is 0 Å². The summed E-state index contributed by atoms with van der Waals surface area (Å²) >= 11 is 0. The Morgan fingerprint density at radius 1 is 0.357 bits per heavy atom. The molecule has 0 saturated carbocycles. The molecule has 0 spiro atoms. The summed E-state index contributed by atoms with van der Waals surface area (Å²) in [7, 11) is 0. The molecule has 0 radical (unpaired) electrons. The number of hydrogen-bond donors (Lipinski definition) is 0. The molecule has 0 unspecified atom stereocenters. The van der Waals surface area contributed by atoms with E-state index in [1.807, 2.05) is 0 Å². The highest BCUT2D eigenvalue weighted by Crippen LogP contribution is 2.44. The topological polar surface area (TPSA) is 9.86 Å². The monoisotopic (exact) mass is 538 g/mol. The van der Waals surface area contributed by atoms with Crippen molar-refractivity contribution in [2.45, 2.75) is 13.8 Å². The number of rotatable bonds is 4. The SMILES string of the molecule is Cc1ccc(-n2c(-c3ccccc3)cc3c4ccccc4c4cc(-c5ccccc5)n(-c5ccc(C)cc5)c4c32)cc1. The van der Waals surface area contributed by atoms with Crippen LogP contribution in [0.1, 0.15) is 11.1 Å². The largest absolute Gasteiger partial charge is 0.307 e. The van der Waals surface area contributed by atoms with Crippen LogP contribution in [-0.4, -0.2) is 9.13 Å². The molecule has 0 bridgehead atoms. The Kier molecular flexibility index (Phi) is 5.61. The van der Waals surface area contributed by atoms with Crippen LogP contribution in [0.4, 0.5) is 0 Å². The smallest absolute Gasteiger partial charge is 0.0789 e. The maximum absolute atomic E-state index is 2.47. The lowest BCUT2D eigenvalue weighted by Crippen LogP contribution is -2.01. The Labute approximate surface area is 245 Å². The first-order valence-corrected chi connectivity index (χ1v) is 14.5. The van der Waals surface area contributed by atoms with Crippen LogP contribution in [0, 0.1) is 13.8 Å². The van der Waals surface area contributed by atoms with E-state index in [9.17, 15) is 0 Å². The molecule has 8 aromatic rings. The zero-order valence-electron chi connectivity index (χ0n) is 23.8. The molecule has 0 aliphatic carbocycles.